The van der Waals surface area contributed by atoms with Crippen LogP contribution in [0.5, 0.6) is 0 Å². The van der Waals surface area contributed by atoms with Gasteiger partial charge in [-0.05, 0) is 18.1 Å². The second-order valence-electron chi connectivity index (χ2n) is 10.5. The number of nitrogens with zero attached hydrogens (tertiary/aromatic N) is 1. The van der Waals surface area contributed by atoms with E-state index in [1.54, 1.807) is 0 Å². The van der Waals surface area contributed by atoms with Crippen molar-refractivity contribution in [3.8, 4) is 0 Å². The number of nitrogens with one attached hydrogen (secondary N) is 1. The van der Waals surface area contributed by atoms with Crippen LogP contribution in [0.25, 0.3) is 0 Å². The summed E-state index contributed by atoms with van der Waals surface area (Å²) in [7, 11) is -7.07. The molecular formula is C20H29Cl6N2O9PSi. The fraction of sp³-hybridized carbons (Fsp3) is 0.800. The Kier molecular flexibility index (Phi) is 10.8. The van der Waals surface area contributed by atoms with Gasteiger partial charge in [0, 0.05) is 12.5 Å². The summed E-state index contributed by atoms with van der Waals surface area (Å²) in [6.45, 7) is 8.49. The molecule has 2 aliphatic heterocycles. The van der Waals surface area contributed by atoms with Crippen LogP contribution in [0, 0.1) is 0 Å². The van der Waals surface area contributed by atoms with Crippen molar-refractivity contribution < 1.29 is 32.0 Å². The van der Waals surface area contributed by atoms with Crippen LogP contribution in [0.4, 0.5) is 0 Å². The van der Waals surface area contributed by atoms with Crippen LogP contribution in [-0.2, 0) is 38.6 Å². The van der Waals surface area contributed by atoms with Crippen molar-refractivity contribution in [1.82, 2.24) is 9.55 Å². The molecule has 2 bridgehead atoms. The molecule has 3 rings (SSSR count). The highest BCUT2D eigenvalue weighted by Crippen LogP contribution is 2.55. The summed E-state index contributed by atoms with van der Waals surface area (Å²) in [5.41, 5.74) is -1.13. The second kappa shape index (κ2) is 12.3. The predicted octanol–water partition coefficient (Wildman–Crippen LogP) is 5.97. The van der Waals surface area contributed by atoms with Crippen molar-refractivity contribution in [2.45, 2.75) is 84.2 Å². The molecule has 19 heteroatoms. The molecule has 0 saturated carbocycles. The molecule has 0 amide bonds. The Morgan fingerprint density at radius 3 is 2.15 bits per heavy atom. The number of phosphoric ester groups is 1. The van der Waals surface area contributed by atoms with Crippen molar-refractivity contribution in [1.29, 1.82) is 0 Å². The number of hydrogen-bond acceptors (Lipinski definition) is 9. The van der Waals surface area contributed by atoms with Gasteiger partial charge in [-0.25, -0.2) is 9.36 Å². The van der Waals surface area contributed by atoms with Gasteiger partial charge in [0.1, 0.15) is 25.5 Å². The SMILES string of the molecule is CC(C)(C)[Si](C)(C)O[C@H]1C[C@H]2O[C@H]1C(OP(=O)(OCC(Cl)(Cl)Cl)OCC(Cl)(Cl)Cl)OCc1cc(=O)[nH]c(=O)n12. The fourth-order valence-electron chi connectivity index (χ4n) is 3.60. The molecule has 0 radical (unpaired) electrons. The van der Waals surface area contributed by atoms with Crippen molar-refractivity contribution in [3.63, 3.8) is 0 Å². The Balaban J connectivity index is 2.01. The van der Waals surface area contributed by atoms with E-state index in [4.69, 9.17) is 97.1 Å². The molecule has 1 unspecified atom stereocenters. The number of alkyl halides is 6. The zero-order chi connectivity index (χ0) is 29.6. The molecule has 0 spiro atoms. The summed E-state index contributed by atoms with van der Waals surface area (Å²) in [4.78, 5) is 26.9. The number of halogens is 6. The van der Waals surface area contributed by atoms with E-state index in [0.717, 1.165) is 0 Å². The standard InChI is InChI=1S/C20H29Cl6N2O9PSi/c1-18(2,3)39(4,5)37-12-7-14-28-11(6-13(29)27-17(28)30)8-32-16(15(12)35-14)36-38(31,33-9-19(21,22)23)34-10-20(24,25)26/h6,12,14-16H,7-10H2,1-5H3,(H,27,29,30)/t12-,14+,15+,16?/m0/s1. The zero-order valence-corrected chi connectivity index (χ0v) is 28.0. The molecule has 1 fully saturated rings. The molecule has 3 heterocycles. The Bertz CT molecular complexity index is 1170. The molecule has 224 valence electrons. The van der Waals surface area contributed by atoms with Crippen LogP contribution in [0.15, 0.2) is 15.7 Å². The monoisotopic (exact) mass is 710 g/mol. The lowest BCUT2D eigenvalue weighted by Crippen LogP contribution is -2.49. The third-order valence-electron chi connectivity index (χ3n) is 6.38. The molecular weight excluding hydrogens is 684 g/mol. The van der Waals surface area contributed by atoms with Crippen molar-refractivity contribution in [2.75, 3.05) is 13.2 Å². The maximum Gasteiger partial charge on any atom is 0.477 e. The topological polar surface area (TPSA) is 127 Å². The van der Waals surface area contributed by atoms with Gasteiger partial charge in [0.15, 0.2) is 14.6 Å². The number of phosphoric acid groups is 1. The van der Waals surface area contributed by atoms with Gasteiger partial charge in [-0.2, -0.15) is 0 Å². The molecule has 39 heavy (non-hydrogen) atoms. The first-order valence-corrected chi connectivity index (χ1v) is 18.2. The van der Waals surface area contributed by atoms with Crippen molar-refractivity contribution in [3.05, 3.63) is 32.6 Å². The molecule has 0 aliphatic carbocycles. The molecule has 1 aromatic heterocycles. The van der Waals surface area contributed by atoms with E-state index in [2.05, 4.69) is 25.8 Å². The van der Waals surface area contributed by atoms with Crippen molar-refractivity contribution in [2.24, 2.45) is 0 Å². The second-order valence-corrected chi connectivity index (χ2v) is 21.9. The number of fused-ring (bicyclic) bond motifs is 4. The average Bonchev–Trinajstić information content (AvgIpc) is 3.15. The van der Waals surface area contributed by atoms with Crippen LogP contribution in [0.1, 0.15) is 39.1 Å². The summed E-state index contributed by atoms with van der Waals surface area (Å²) in [5, 5.41) is -0.191. The molecule has 0 aromatic carbocycles. The number of aromatic nitrogens is 2. The molecule has 11 nitrogen and oxygen atoms in total. The summed E-state index contributed by atoms with van der Waals surface area (Å²) in [5.74, 6) is 0. The summed E-state index contributed by atoms with van der Waals surface area (Å²) < 4.78 is 45.8. The first kappa shape index (κ1) is 34.1. The van der Waals surface area contributed by atoms with Gasteiger partial charge in [0.25, 0.3) is 5.56 Å². The van der Waals surface area contributed by atoms with Crippen LogP contribution < -0.4 is 11.2 Å². The van der Waals surface area contributed by atoms with E-state index in [1.807, 2.05) is 13.1 Å². The largest absolute Gasteiger partial charge is 0.477 e. The third-order valence-corrected chi connectivity index (χ3v) is 12.9. The smallest absolute Gasteiger partial charge is 0.411 e. The minimum Gasteiger partial charge on any atom is -0.411 e. The summed E-state index contributed by atoms with van der Waals surface area (Å²) >= 11 is 34.6. The first-order valence-electron chi connectivity index (χ1n) is 11.6. The van der Waals surface area contributed by atoms with Crippen LogP contribution in [0.2, 0.25) is 18.1 Å². The van der Waals surface area contributed by atoms with Gasteiger partial charge in [-0.3, -0.25) is 27.9 Å². The Morgan fingerprint density at radius 1 is 1.08 bits per heavy atom. The van der Waals surface area contributed by atoms with Crippen LogP contribution >= 0.6 is 77.4 Å². The lowest BCUT2D eigenvalue weighted by molar-refractivity contribution is -0.204. The van der Waals surface area contributed by atoms with Gasteiger partial charge in [0.2, 0.25) is 7.59 Å². The van der Waals surface area contributed by atoms with E-state index < -0.39 is 72.9 Å². The van der Waals surface area contributed by atoms with Crippen LogP contribution in [0.3, 0.4) is 0 Å². The molecule has 1 saturated heterocycles. The average molecular weight is 713 g/mol. The first-order chi connectivity index (χ1) is 17.6. The van der Waals surface area contributed by atoms with E-state index in [-0.39, 0.29) is 23.8 Å². The quantitative estimate of drug-likeness (QED) is 0.197. The van der Waals surface area contributed by atoms with E-state index >= 15 is 0 Å². The summed E-state index contributed by atoms with van der Waals surface area (Å²) in [6.07, 6.45) is -3.86. The maximum atomic E-state index is 13.7. The van der Waals surface area contributed by atoms with Crippen molar-refractivity contribution >= 4 is 85.7 Å². The molecule has 2 aliphatic rings. The van der Waals surface area contributed by atoms with Gasteiger partial charge in [-0.1, -0.05) is 90.4 Å². The zero-order valence-electron chi connectivity index (χ0n) is 21.6. The van der Waals surface area contributed by atoms with Gasteiger partial charge < -0.3 is 13.9 Å². The van der Waals surface area contributed by atoms with Gasteiger partial charge in [-0.15, -0.1) is 0 Å². The van der Waals surface area contributed by atoms with Crippen LogP contribution in [-0.4, -0.2) is 57.2 Å². The number of aromatic amines is 1. The number of ether oxygens (including phenoxy) is 2. The third kappa shape index (κ3) is 9.30. The van der Waals surface area contributed by atoms with E-state index in [9.17, 15) is 14.2 Å². The minimum absolute atomic E-state index is 0.188. The normalized spacial score (nSPS) is 24.8. The highest BCUT2D eigenvalue weighted by molar-refractivity contribution is 7.48. The maximum absolute atomic E-state index is 13.7. The van der Waals surface area contributed by atoms with E-state index in [1.165, 1.54) is 10.6 Å². The highest BCUT2D eigenvalue weighted by Gasteiger charge is 2.52. The lowest BCUT2D eigenvalue weighted by Gasteiger charge is -2.40. The number of rotatable bonds is 8. The Hall–Kier alpha value is 0.627. The Morgan fingerprint density at radius 2 is 1.64 bits per heavy atom. The summed E-state index contributed by atoms with van der Waals surface area (Å²) in [6, 6.07) is 1.18. The Labute approximate surface area is 256 Å². The predicted molar refractivity (Wildman–Crippen MR) is 152 cm³/mol. The van der Waals surface area contributed by atoms with Gasteiger partial charge >= 0.3 is 13.5 Å². The number of H-pyrrole nitrogens is 1. The number of hydrogen-bond donors (Lipinski definition) is 1. The van der Waals surface area contributed by atoms with E-state index in [0.29, 0.717) is 0 Å². The molecule has 1 N–H and O–H groups in total. The molecule has 1 aromatic rings. The highest BCUT2D eigenvalue weighted by atomic mass is 35.6. The van der Waals surface area contributed by atoms with Gasteiger partial charge in [0.05, 0.1) is 18.4 Å². The lowest BCUT2D eigenvalue weighted by atomic mass is 10.2. The fourth-order valence-corrected chi connectivity index (χ4v) is 7.06. The molecule has 4 atom stereocenters. The minimum atomic E-state index is -4.65.